The maximum absolute atomic E-state index is 11.7. The molecule has 0 aliphatic heterocycles. The molecule has 0 saturated heterocycles. The zero-order valence-electron chi connectivity index (χ0n) is 11.7. The molecule has 100 valence electrons. The van der Waals surface area contributed by atoms with Gasteiger partial charge < -0.3 is 15.4 Å². The summed E-state index contributed by atoms with van der Waals surface area (Å²) in [4.78, 5) is 13.2. The smallest absolute Gasteiger partial charge is 0.262 e. The fourth-order valence-electron chi connectivity index (χ4n) is 1.69. The van der Waals surface area contributed by atoms with Gasteiger partial charge in [0.25, 0.3) is 5.91 Å². The van der Waals surface area contributed by atoms with Gasteiger partial charge >= 0.3 is 0 Å². The van der Waals surface area contributed by atoms with E-state index in [1.54, 1.807) is 21.0 Å². The van der Waals surface area contributed by atoms with Crippen LogP contribution >= 0.6 is 0 Å². The number of hydrogen-bond donors (Lipinski definition) is 1. The van der Waals surface area contributed by atoms with Gasteiger partial charge in [-0.3, -0.25) is 4.79 Å². The second-order valence-electron chi connectivity index (χ2n) is 4.81. The summed E-state index contributed by atoms with van der Waals surface area (Å²) < 4.78 is 5.67. The van der Waals surface area contributed by atoms with Crippen LogP contribution in [0, 0.1) is 6.92 Å². The molecule has 0 fully saturated rings. The summed E-state index contributed by atoms with van der Waals surface area (Å²) in [7, 11) is 3.43. The first-order chi connectivity index (χ1) is 8.32. The van der Waals surface area contributed by atoms with E-state index in [1.807, 2.05) is 32.0 Å². The van der Waals surface area contributed by atoms with Crippen LogP contribution in [0.25, 0.3) is 0 Å². The standard InChI is InChI=1S/C14H22N2O2/c1-9-8-12(10(2)15)6-7-13(9)18-11(3)14(17)16(4)5/h6-8,10-11H,15H2,1-5H3/t10-,11?/m1/s1. The minimum atomic E-state index is -0.486. The predicted octanol–water partition coefficient (Wildman–Crippen LogP) is 1.87. The lowest BCUT2D eigenvalue weighted by atomic mass is 10.1. The van der Waals surface area contributed by atoms with Gasteiger partial charge in [-0.05, 0) is 38.0 Å². The average molecular weight is 250 g/mol. The SMILES string of the molecule is Cc1cc([C@@H](C)N)ccc1OC(C)C(=O)N(C)C. The Morgan fingerprint density at radius 2 is 1.94 bits per heavy atom. The molecule has 1 rings (SSSR count). The van der Waals surface area contributed by atoms with Crippen LogP contribution in [0.15, 0.2) is 18.2 Å². The second kappa shape index (κ2) is 5.87. The Bertz CT molecular complexity index is 428. The van der Waals surface area contributed by atoms with Crippen molar-refractivity contribution in [2.24, 2.45) is 5.73 Å². The number of likely N-dealkylation sites (N-methyl/N-ethyl adjacent to an activating group) is 1. The summed E-state index contributed by atoms with van der Waals surface area (Å²) in [5.74, 6) is 0.674. The number of carbonyl (C=O) groups excluding carboxylic acids is 1. The number of nitrogens with zero attached hydrogens (tertiary/aromatic N) is 1. The van der Waals surface area contributed by atoms with E-state index < -0.39 is 6.10 Å². The van der Waals surface area contributed by atoms with E-state index in [4.69, 9.17) is 10.5 Å². The molecule has 0 aliphatic rings. The summed E-state index contributed by atoms with van der Waals surface area (Å²) in [5.41, 5.74) is 7.87. The molecule has 1 amide bonds. The Kier molecular flexibility index (Phi) is 4.73. The lowest BCUT2D eigenvalue weighted by molar-refractivity contribution is -0.135. The highest BCUT2D eigenvalue weighted by atomic mass is 16.5. The molecule has 0 aliphatic carbocycles. The van der Waals surface area contributed by atoms with Crippen LogP contribution in [-0.2, 0) is 4.79 Å². The van der Waals surface area contributed by atoms with Crippen LogP contribution in [0.2, 0.25) is 0 Å². The summed E-state index contributed by atoms with van der Waals surface area (Å²) >= 11 is 0. The first-order valence-electron chi connectivity index (χ1n) is 6.07. The molecule has 2 atom stereocenters. The molecule has 1 aromatic carbocycles. The maximum Gasteiger partial charge on any atom is 0.262 e. The largest absolute Gasteiger partial charge is 0.481 e. The van der Waals surface area contributed by atoms with Crippen molar-refractivity contribution < 1.29 is 9.53 Å². The van der Waals surface area contributed by atoms with E-state index in [1.165, 1.54) is 4.90 Å². The van der Waals surface area contributed by atoms with Crippen LogP contribution in [0.4, 0.5) is 0 Å². The van der Waals surface area contributed by atoms with Gasteiger partial charge in [-0.1, -0.05) is 12.1 Å². The highest BCUT2D eigenvalue weighted by Gasteiger charge is 2.17. The summed E-state index contributed by atoms with van der Waals surface area (Å²) in [5, 5.41) is 0. The number of benzene rings is 1. The zero-order chi connectivity index (χ0) is 13.9. The van der Waals surface area contributed by atoms with Crippen LogP contribution in [0.3, 0.4) is 0 Å². The molecule has 2 N–H and O–H groups in total. The molecule has 1 aromatic rings. The second-order valence-corrected chi connectivity index (χ2v) is 4.81. The van der Waals surface area contributed by atoms with Crippen molar-refractivity contribution >= 4 is 5.91 Å². The number of ether oxygens (including phenoxy) is 1. The third-order valence-electron chi connectivity index (χ3n) is 2.82. The molecule has 0 radical (unpaired) electrons. The van der Waals surface area contributed by atoms with Gasteiger partial charge in [0.2, 0.25) is 0 Å². The minimum Gasteiger partial charge on any atom is -0.481 e. The quantitative estimate of drug-likeness (QED) is 0.887. The first kappa shape index (κ1) is 14.5. The van der Waals surface area contributed by atoms with Crippen molar-refractivity contribution in [3.63, 3.8) is 0 Å². The predicted molar refractivity (Wildman–Crippen MR) is 72.6 cm³/mol. The molecule has 1 unspecified atom stereocenters. The lowest BCUT2D eigenvalue weighted by Crippen LogP contribution is -2.35. The van der Waals surface area contributed by atoms with Crippen LogP contribution in [0.1, 0.15) is 31.0 Å². The average Bonchev–Trinajstić information content (AvgIpc) is 2.30. The molecule has 0 saturated carbocycles. The lowest BCUT2D eigenvalue weighted by Gasteiger charge is -2.20. The van der Waals surface area contributed by atoms with Crippen molar-refractivity contribution in [3.05, 3.63) is 29.3 Å². The number of amides is 1. The molecular formula is C14H22N2O2. The number of carbonyl (C=O) groups is 1. The van der Waals surface area contributed by atoms with Gasteiger partial charge in [0, 0.05) is 20.1 Å². The van der Waals surface area contributed by atoms with Crippen LogP contribution in [-0.4, -0.2) is 31.0 Å². The van der Waals surface area contributed by atoms with Crippen molar-refractivity contribution in [3.8, 4) is 5.75 Å². The third-order valence-corrected chi connectivity index (χ3v) is 2.82. The van der Waals surface area contributed by atoms with Crippen molar-refractivity contribution in [1.82, 2.24) is 4.90 Å². The molecule has 4 heteroatoms. The Labute approximate surface area is 109 Å². The van der Waals surface area contributed by atoms with E-state index in [2.05, 4.69) is 0 Å². The van der Waals surface area contributed by atoms with Gasteiger partial charge in [0.05, 0.1) is 0 Å². The van der Waals surface area contributed by atoms with Gasteiger partial charge in [-0.2, -0.15) is 0 Å². The van der Waals surface area contributed by atoms with E-state index in [0.717, 1.165) is 16.9 Å². The Balaban J connectivity index is 2.83. The topological polar surface area (TPSA) is 55.6 Å². The number of rotatable bonds is 4. The zero-order valence-corrected chi connectivity index (χ0v) is 11.7. The summed E-state index contributed by atoms with van der Waals surface area (Å²) in [6.07, 6.45) is -0.486. The molecular weight excluding hydrogens is 228 g/mol. The Morgan fingerprint density at radius 1 is 1.33 bits per heavy atom. The molecule has 18 heavy (non-hydrogen) atoms. The summed E-state index contributed by atoms with van der Waals surface area (Å²) in [6.45, 7) is 5.64. The molecule has 0 spiro atoms. The number of aryl methyl sites for hydroxylation is 1. The minimum absolute atomic E-state index is 0.00131. The fraction of sp³-hybridized carbons (Fsp3) is 0.500. The Hall–Kier alpha value is -1.55. The molecule has 0 heterocycles. The first-order valence-corrected chi connectivity index (χ1v) is 6.07. The normalized spacial score (nSPS) is 13.9. The number of nitrogens with two attached hydrogens (primary N) is 1. The van der Waals surface area contributed by atoms with Gasteiger partial charge in [-0.15, -0.1) is 0 Å². The van der Waals surface area contributed by atoms with Crippen molar-refractivity contribution in [2.45, 2.75) is 32.9 Å². The third kappa shape index (κ3) is 3.47. The summed E-state index contributed by atoms with van der Waals surface area (Å²) in [6, 6.07) is 5.79. The van der Waals surface area contributed by atoms with E-state index >= 15 is 0 Å². The van der Waals surface area contributed by atoms with Crippen molar-refractivity contribution in [2.75, 3.05) is 14.1 Å². The van der Waals surface area contributed by atoms with Crippen molar-refractivity contribution in [1.29, 1.82) is 0 Å². The molecule has 4 nitrogen and oxygen atoms in total. The van der Waals surface area contributed by atoms with E-state index in [0.29, 0.717) is 0 Å². The Morgan fingerprint density at radius 3 is 2.39 bits per heavy atom. The monoisotopic (exact) mass is 250 g/mol. The highest BCUT2D eigenvalue weighted by molar-refractivity contribution is 5.80. The maximum atomic E-state index is 11.7. The fourth-order valence-corrected chi connectivity index (χ4v) is 1.69. The highest BCUT2D eigenvalue weighted by Crippen LogP contribution is 2.23. The molecule has 0 aromatic heterocycles. The van der Waals surface area contributed by atoms with E-state index in [-0.39, 0.29) is 11.9 Å². The van der Waals surface area contributed by atoms with Gasteiger partial charge in [-0.25, -0.2) is 0 Å². The van der Waals surface area contributed by atoms with Gasteiger partial charge in [0.15, 0.2) is 6.10 Å². The van der Waals surface area contributed by atoms with E-state index in [9.17, 15) is 4.79 Å². The van der Waals surface area contributed by atoms with Crippen LogP contribution < -0.4 is 10.5 Å². The van der Waals surface area contributed by atoms with Crippen LogP contribution in [0.5, 0.6) is 5.75 Å². The number of hydrogen-bond acceptors (Lipinski definition) is 3. The molecule has 0 bridgehead atoms. The van der Waals surface area contributed by atoms with Gasteiger partial charge in [0.1, 0.15) is 5.75 Å².